The van der Waals surface area contributed by atoms with Crippen LogP contribution in [0.25, 0.3) is 0 Å². The van der Waals surface area contributed by atoms with Gasteiger partial charge in [0.05, 0.1) is 32.4 Å². The number of amides is 2. The van der Waals surface area contributed by atoms with E-state index in [-0.39, 0.29) is 74.7 Å². The van der Waals surface area contributed by atoms with Gasteiger partial charge in [-0.3, -0.25) is 18.9 Å². The van der Waals surface area contributed by atoms with Crippen LogP contribution in [0.3, 0.4) is 0 Å². The number of ether oxygens (including phenoxy) is 6. The lowest BCUT2D eigenvalue weighted by molar-refractivity contribution is -0.233. The van der Waals surface area contributed by atoms with Gasteiger partial charge in [0, 0.05) is 31.3 Å². The number of hydrogen-bond acceptors (Lipinski definition) is 16. The minimum atomic E-state index is -4.53. The van der Waals surface area contributed by atoms with Gasteiger partial charge in [0.2, 0.25) is 13.2 Å². The molecule has 0 saturated carbocycles. The Kier molecular flexibility index (Phi) is 23.5. The summed E-state index contributed by atoms with van der Waals surface area (Å²) >= 11 is 1.14. The molecule has 4 unspecified atom stereocenters. The maximum absolute atomic E-state index is 12.3. The molecule has 0 aromatic heterocycles. The summed E-state index contributed by atoms with van der Waals surface area (Å²) in [6.07, 6.45) is 2.72. The topological polar surface area (TPSA) is 214 Å². The van der Waals surface area contributed by atoms with Crippen LogP contribution in [0.4, 0.5) is 0 Å². The zero-order valence-electron chi connectivity index (χ0n) is 30.3. The third kappa shape index (κ3) is 19.1. The lowest BCUT2D eigenvalue weighted by Gasteiger charge is -2.45. The van der Waals surface area contributed by atoms with Gasteiger partial charge in [0.1, 0.15) is 42.0 Å². The highest BCUT2D eigenvalue weighted by Crippen LogP contribution is 2.51. The van der Waals surface area contributed by atoms with Gasteiger partial charge in [-0.05, 0) is 44.6 Å². The van der Waals surface area contributed by atoms with E-state index in [1.807, 2.05) is 12.5 Å². The van der Waals surface area contributed by atoms with Gasteiger partial charge in [-0.2, -0.15) is 5.82 Å². The van der Waals surface area contributed by atoms with Gasteiger partial charge in [0.15, 0.2) is 10.5 Å². The van der Waals surface area contributed by atoms with E-state index in [1.54, 1.807) is 24.3 Å². The van der Waals surface area contributed by atoms with E-state index in [9.17, 15) is 28.7 Å². The molecule has 6 N–H and O–H groups in total. The maximum Gasteiger partial charge on any atom is 0.356 e. The Labute approximate surface area is 332 Å². The second-order valence-electron chi connectivity index (χ2n) is 11.4. The van der Waals surface area contributed by atoms with Crippen molar-refractivity contribution in [2.75, 3.05) is 70.9 Å². The molecule has 53 heavy (non-hydrogen) atoms. The monoisotopic (exact) mass is 857 g/mol. The van der Waals surface area contributed by atoms with Crippen molar-refractivity contribution in [1.29, 1.82) is 0 Å². The van der Waals surface area contributed by atoms with Crippen molar-refractivity contribution >= 4 is 86.7 Å². The summed E-state index contributed by atoms with van der Waals surface area (Å²) in [5, 5.41) is 3.65. The molecule has 5 atom stereocenters. The highest BCUT2D eigenvalue weighted by Gasteiger charge is 2.47. The van der Waals surface area contributed by atoms with E-state index in [0.29, 0.717) is 30.2 Å². The lowest BCUT2D eigenvalue weighted by Crippen LogP contribution is -2.61. The molecular weight excluding hydrogens is 808 g/mol. The molecule has 1 aromatic carbocycles. The van der Waals surface area contributed by atoms with Crippen molar-refractivity contribution in [3.05, 3.63) is 29.8 Å². The number of nitrogens with one attached hydrogen (secondary N) is 2. The van der Waals surface area contributed by atoms with Crippen LogP contribution in [0.15, 0.2) is 24.3 Å². The van der Waals surface area contributed by atoms with Crippen LogP contribution in [-0.2, 0) is 37.8 Å². The zero-order valence-corrected chi connectivity index (χ0v) is 35.3. The normalized spacial score (nSPS) is 18.2. The summed E-state index contributed by atoms with van der Waals surface area (Å²) in [6, 6.07) is 6.39. The summed E-state index contributed by atoms with van der Waals surface area (Å²) in [6.45, 7) is 5.27. The number of nitrogens with two attached hydrogens (primary N) is 1. The molecule has 0 spiro atoms. The second kappa shape index (κ2) is 26.0. The molecule has 1 aliphatic rings. The summed E-state index contributed by atoms with van der Waals surface area (Å²) < 4.78 is 46.7. The first kappa shape index (κ1) is 48.1. The van der Waals surface area contributed by atoms with Crippen LogP contribution < -0.4 is 21.1 Å². The average molecular weight is 858 g/mol. The molecule has 22 heteroatoms. The Morgan fingerprint density at radius 3 is 2.55 bits per heavy atom. The maximum atomic E-state index is 12.3. The molecule has 298 valence electrons. The molecule has 2 rings (SSSR count). The first-order valence-corrected chi connectivity index (χ1v) is 24.2. The van der Waals surface area contributed by atoms with Crippen LogP contribution in [0.2, 0.25) is 0 Å². The fraction of sp³-hybridized carbons (Fsp3) is 0.645. The van der Waals surface area contributed by atoms with Crippen molar-refractivity contribution in [3.8, 4) is 17.5 Å². The predicted octanol–water partition coefficient (Wildman–Crippen LogP) is 2.30. The van der Waals surface area contributed by atoms with Gasteiger partial charge < -0.3 is 54.6 Å². The minimum Gasteiger partial charge on any atom is -0.490 e. The Bertz CT molecular complexity index is 1410. The van der Waals surface area contributed by atoms with Crippen LogP contribution in [-0.4, -0.2) is 139 Å². The Morgan fingerprint density at radius 1 is 1.13 bits per heavy atom. The summed E-state index contributed by atoms with van der Waals surface area (Å²) in [7, 11) is 1.68. The fourth-order valence-electron chi connectivity index (χ4n) is 4.15. The van der Waals surface area contributed by atoms with Gasteiger partial charge in [0.25, 0.3) is 5.91 Å². The predicted molar refractivity (Wildman–Crippen MR) is 217 cm³/mol. The van der Waals surface area contributed by atoms with Crippen LogP contribution in [0.1, 0.15) is 31.1 Å². The van der Waals surface area contributed by atoms with Crippen LogP contribution in [0.5, 0.6) is 5.75 Å². The number of thioether (sulfide) groups is 1. The standard InChI is InChI=1S/C31H49BN3O12PS5/c1-21(36)51-20-27(53-50-5)47-28-24(17-45-31(2,3)48(39,40)41)46-29(28)32-10-7-12-34-25(37)18-42-14-15-43-26(52-49-4)19-44-23-9-6-8-22(16-23)30(38)35-13-11-33/h6,8-9,16,24,26-29,32H,11-15,17-20,33H2,1-5H3,(H,34,37)(H,35,38)(H2,39,40,41)/t24?,26?,27-,28?,29?/m0/s1. The Hall–Kier alpha value is -1.09. The van der Waals surface area contributed by atoms with Gasteiger partial charge in [-0.15, -0.1) is 0 Å². The van der Waals surface area contributed by atoms with Gasteiger partial charge >= 0.3 is 7.60 Å². The van der Waals surface area contributed by atoms with Crippen molar-refractivity contribution < 1.29 is 57.2 Å². The highest BCUT2D eigenvalue weighted by molar-refractivity contribution is 8.77. The molecule has 1 fully saturated rings. The summed E-state index contributed by atoms with van der Waals surface area (Å²) in [4.78, 5) is 55.2. The molecule has 1 saturated heterocycles. The van der Waals surface area contributed by atoms with E-state index in [0.717, 1.165) is 11.8 Å². The van der Waals surface area contributed by atoms with Crippen molar-refractivity contribution in [3.63, 3.8) is 0 Å². The second-order valence-corrected chi connectivity index (χ2v) is 20.1. The molecule has 0 aliphatic carbocycles. The lowest BCUT2D eigenvalue weighted by atomic mass is 9.66. The van der Waals surface area contributed by atoms with Crippen molar-refractivity contribution in [1.82, 2.24) is 10.6 Å². The smallest absolute Gasteiger partial charge is 0.356 e. The van der Waals surface area contributed by atoms with E-state index >= 15 is 0 Å². The Morgan fingerprint density at radius 2 is 1.87 bits per heavy atom. The third-order valence-corrected chi connectivity index (χ3v) is 13.4. The average Bonchev–Trinajstić information content (AvgIpc) is 3.10. The minimum absolute atomic E-state index is 0.0385. The number of carbonyl (C=O) groups excluding carboxylic acids is 3. The van der Waals surface area contributed by atoms with E-state index in [1.165, 1.54) is 63.9 Å². The molecule has 0 radical (unpaired) electrons. The highest BCUT2D eigenvalue weighted by atomic mass is 33.1. The van der Waals surface area contributed by atoms with Crippen molar-refractivity contribution in [2.45, 2.75) is 55.2 Å². The zero-order chi connectivity index (χ0) is 39.3. The molecule has 2 amide bonds. The molecule has 15 nitrogen and oxygen atoms in total. The summed E-state index contributed by atoms with van der Waals surface area (Å²) in [5.74, 6) is 6.23. The first-order valence-electron chi connectivity index (χ1n) is 16.4. The number of rotatable bonds is 26. The molecular formula is C31H49BN3O12PS5. The molecule has 1 aliphatic heterocycles. The Balaban J connectivity index is 1.76. The molecule has 1 heterocycles. The van der Waals surface area contributed by atoms with Gasteiger partial charge in [-0.1, -0.05) is 66.9 Å². The van der Waals surface area contributed by atoms with Crippen LogP contribution in [0, 0.1) is 11.7 Å². The largest absolute Gasteiger partial charge is 0.490 e. The third-order valence-electron chi connectivity index (χ3n) is 7.00. The quantitative estimate of drug-likeness (QED) is 0.0226. The van der Waals surface area contributed by atoms with E-state index < -0.39 is 31.1 Å². The molecule has 1 aromatic rings. The molecule has 0 bridgehead atoms. The first-order chi connectivity index (χ1) is 25.2. The number of carbonyl (C=O) groups is 3. The van der Waals surface area contributed by atoms with E-state index in [4.69, 9.17) is 34.2 Å². The van der Waals surface area contributed by atoms with Crippen LogP contribution >= 0.6 is 62.5 Å². The number of benzene rings is 1. The fourth-order valence-corrected chi connectivity index (χ4v) is 8.41. The van der Waals surface area contributed by atoms with E-state index in [2.05, 4.69) is 22.4 Å². The van der Waals surface area contributed by atoms with Gasteiger partial charge in [-0.25, -0.2) is 0 Å². The summed E-state index contributed by atoms with van der Waals surface area (Å²) in [5.41, 5.74) is 5.25. The SMILES string of the molecule is CSSC(COc1cccc(C(=O)NCCN)c1)OCCOCC(=O)NCC#CBC1OC(COC(C)(C)P(=O)(O)O)C1O[C@H](CSC(C)=O)SSC. The number of hydrogen-bond donors (Lipinski definition) is 5. The van der Waals surface area contributed by atoms with Crippen molar-refractivity contribution in [2.24, 2.45) is 5.73 Å².